The molecule has 1 saturated carbocycles. The standard InChI is InChI=1S/C15H18ClN3O2/c16-10-4-5-11-13(6-10)18-14(19-15(11)21)7-17-12-3-1-2-9(12)8-20/h4-6,9,12,17,20H,1-3,7-8H2,(H,18,19,21). The summed E-state index contributed by atoms with van der Waals surface area (Å²) in [6.07, 6.45) is 3.22. The van der Waals surface area contributed by atoms with Crippen LogP contribution in [0.2, 0.25) is 5.02 Å². The summed E-state index contributed by atoms with van der Waals surface area (Å²) in [6.45, 7) is 0.688. The smallest absolute Gasteiger partial charge is 0.258 e. The zero-order valence-corrected chi connectivity index (χ0v) is 12.4. The molecule has 2 atom stereocenters. The first-order valence-electron chi connectivity index (χ1n) is 7.20. The predicted octanol–water partition coefficient (Wildman–Crippen LogP) is 1.83. The Morgan fingerprint density at radius 1 is 1.43 bits per heavy atom. The highest BCUT2D eigenvalue weighted by molar-refractivity contribution is 6.31. The Morgan fingerprint density at radius 2 is 2.29 bits per heavy atom. The number of aromatic nitrogens is 2. The number of benzene rings is 1. The lowest BCUT2D eigenvalue weighted by Gasteiger charge is -2.18. The van der Waals surface area contributed by atoms with Crippen molar-refractivity contribution in [2.45, 2.75) is 31.8 Å². The highest BCUT2D eigenvalue weighted by atomic mass is 35.5. The van der Waals surface area contributed by atoms with E-state index >= 15 is 0 Å². The van der Waals surface area contributed by atoms with Gasteiger partial charge in [-0.25, -0.2) is 4.98 Å². The van der Waals surface area contributed by atoms with Gasteiger partial charge in [-0.15, -0.1) is 0 Å². The van der Waals surface area contributed by atoms with Crippen molar-refractivity contribution in [3.63, 3.8) is 0 Å². The van der Waals surface area contributed by atoms with E-state index in [9.17, 15) is 9.90 Å². The summed E-state index contributed by atoms with van der Waals surface area (Å²) < 4.78 is 0. The van der Waals surface area contributed by atoms with Crippen molar-refractivity contribution in [2.24, 2.45) is 5.92 Å². The molecule has 112 valence electrons. The first-order valence-corrected chi connectivity index (χ1v) is 7.58. The predicted molar refractivity (Wildman–Crippen MR) is 82.4 cm³/mol. The summed E-state index contributed by atoms with van der Waals surface area (Å²) in [6, 6.07) is 5.35. The molecule has 0 amide bonds. The first-order chi connectivity index (χ1) is 10.2. The van der Waals surface area contributed by atoms with E-state index in [1.807, 2.05) is 0 Å². The van der Waals surface area contributed by atoms with Gasteiger partial charge in [-0.05, 0) is 37.0 Å². The van der Waals surface area contributed by atoms with Crippen molar-refractivity contribution in [1.29, 1.82) is 0 Å². The van der Waals surface area contributed by atoms with Crippen LogP contribution in [-0.4, -0.2) is 27.7 Å². The summed E-state index contributed by atoms with van der Waals surface area (Å²) in [5.74, 6) is 0.893. The summed E-state index contributed by atoms with van der Waals surface area (Å²) in [7, 11) is 0. The molecule has 1 heterocycles. The lowest BCUT2D eigenvalue weighted by Crippen LogP contribution is -2.34. The molecular formula is C15H18ClN3O2. The maximum Gasteiger partial charge on any atom is 0.258 e. The van der Waals surface area contributed by atoms with Crippen LogP contribution < -0.4 is 10.9 Å². The number of halogens is 1. The van der Waals surface area contributed by atoms with Crippen LogP contribution in [0.1, 0.15) is 25.1 Å². The number of nitrogens with zero attached hydrogens (tertiary/aromatic N) is 1. The average molecular weight is 308 g/mol. The minimum absolute atomic E-state index is 0.154. The van der Waals surface area contributed by atoms with Gasteiger partial charge >= 0.3 is 0 Å². The molecule has 1 aromatic carbocycles. The van der Waals surface area contributed by atoms with E-state index in [1.54, 1.807) is 18.2 Å². The molecule has 1 aliphatic carbocycles. The van der Waals surface area contributed by atoms with Gasteiger partial charge < -0.3 is 15.4 Å². The van der Waals surface area contributed by atoms with Crippen LogP contribution in [0.15, 0.2) is 23.0 Å². The van der Waals surface area contributed by atoms with Crippen LogP contribution in [0.3, 0.4) is 0 Å². The van der Waals surface area contributed by atoms with Gasteiger partial charge in [0.2, 0.25) is 0 Å². The zero-order chi connectivity index (χ0) is 14.8. The van der Waals surface area contributed by atoms with Crippen LogP contribution in [0.5, 0.6) is 0 Å². The molecule has 0 aliphatic heterocycles. The summed E-state index contributed by atoms with van der Waals surface area (Å²) in [4.78, 5) is 19.3. The number of hydrogen-bond acceptors (Lipinski definition) is 4. The Hall–Kier alpha value is -1.43. The Labute approximate surface area is 127 Å². The van der Waals surface area contributed by atoms with Gasteiger partial charge in [0.15, 0.2) is 0 Å². The van der Waals surface area contributed by atoms with Crippen LogP contribution in [-0.2, 0) is 6.54 Å². The number of fused-ring (bicyclic) bond motifs is 1. The second-order valence-electron chi connectivity index (χ2n) is 5.54. The number of aliphatic hydroxyl groups excluding tert-OH is 1. The third-order valence-corrected chi connectivity index (χ3v) is 4.38. The van der Waals surface area contributed by atoms with E-state index in [0.717, 1.165) is 19.3 Å². The van der Waals surface area contributed by atoms with Gasteiger partial charge in [0.05, 0.1) is 17.4 Å². The van der Waals surface area contributed by atoms with E-state index in [2.05, 4.69) is 15.3 Å². The van der Waals surface area contributed by atoms with Crippen LogP contribution in [0.4, 0.5) is 0 Å². The molecule has 1 aromatic heterocycles. The number of H-pyrrole nitrogens is 1. The third-order valence-electron chi connectivity index (χ3n) is 4.14. The lowest BCUT2D eigenvalue weighted by molar-refractivity contribution is 0.204. The molecule has 2 aromatic rings. The molecule has 0 spiro atoms. The van der Waals surface area contributed by atoms with Crippen molar-refractivity contribution in [3.8, 4) is 0 Å². The van der Waals surface area contributed by atoms with E-state index in [0.29, 0.717) is 34.2 Å². The number of hydrogen-bond donors (Lipinski definition) is 3. The molecule has 0 radical (unpaired) electrons. The minimum atomic E-state index is -0.154. The van der Waals surface area contributed by atoms with Crippen molar-refractivity contribution < 1.29 is 5.11 Å². The van der Waals surface area contributed by atoms with Gasteiger partial charge in [-0.2, -0.15) is 0 Å². The fourth-order valence-electron chi connectivity index (χ4n) is 3.00. The molecule has 2 unspecified atom stereocenters. The molecule has 6 heteroatoms. The molecule has 1 fully saturated rings. The van der Waals surface area contributed by atoms with Crippen LogP contribution >= 0.6 is 11.6 Å². The van der Waals surface area contributed by atoms with Gasteiger partial charge in [0.1, 0.15) is 5.82 Å². The molecule has 0 saturated heterocycles. The monoisotopic (exact) mass is 307 g/mol. The molecule has 5 nitrogen and oxygen atoms in total. The van der Waals surface area contributed by atoms with Crippen LogP contribution in [0, 0.1) is 5.92 Å². The molecule has 3 rings (SSSR count). The second kappa shape index (κ2) is 6.13. The largest absolute Gasteiger partial charge is 0.396 e. The average Bonchev–Trinajstić information content (AvgIpc) is 2.92. The van der Waals surface area contributed by atoms with Gasteiger partial charge in [0, 0.05) is 17.7 Å². The van der Waals surface area contributed by atoms with Crippen molar-refractivity contribution >= 4 is 22.5 Å². The maximum atomic E-state index is 12.0. The molecule has 21 heavy (non-hydrogen) atoms. The SMILES string of the molecule is O=c1[nH]c(CNC2CCCC2CO)nc2cc(Cl)ccc12. The van der Waals surface area contributed by atoms with E-state index in [1.165, 1.54) is 0 Å². The Morgan fingerprint density at radius 3 is 3.10 bits per heavy atom. The van der Waals surface area contributed by atoms with E-state index in [-0.39, 0.29) is 18.2 Å². The lowest BCUT2D eigenvalue weighted by atomic mass is 10.1. The fourth-order valence-corrected chi connectivity index (χ4v) is 3.16. The van der Waals surface area contributed by atoms with Crippen LogP contribution in [0.25, 0.3) is 10.9 Å². The fraction of sp³-hybridized carbons (Fsp3) is 0.467. The number of nitrogens with one attached hydrogen (secondary N) is 2. The van der Waals surface area contributed by atoms with Crippen molar-refractivity contribution in [2.75, 3.05) is 6.61 Å². The van der Waals surface area contributed by atoms with Gasteiger partial charge in [-0.3, -0.25) is 4.79 Å². The summed E-state index contributed by atoms with van der Waals surface area (Å²) in [5, 5.41) is 13.8. The highest BCUT2D eigenvalue weighted by Crippen LogP contribution is 2.25. The van der Waals surface area contributed by atoms with E-state index < -0.39 is 0 Å². The first kappa shape index (κ1) is 14.5. The molecular weight excluding hydrogens is 290 g/mol. The zero-order valence-electron chi connectivity index (χ0n) is 11.6. The highest BCUT2D eigenvalue weighted by Gasteiger charge is 2.26. The topological polar surface area (TPSA) is 78.0 Å². The normalized spacial score (nSPS) is 22.0. The Balaban J connectivity index is 1.79. The van der Waals surface area contributed by atoms with Gasteiger partial charge in [-0.1, -0.05) is 18.0 Å². The number of rotatable bonds is 4. The quantitative estimate of drug-likeness (QED) is 0.805. The molecule has 3 N–H and O–H groups in total. The second-order valence-corrected chi connectivity index (χ2v) is 5.97. The minimum Gasteiger partial charge on any atom is -0.396 e. The summed E-state index contributed by atoms with van der Waals surface area (Å²) >= 11 is 5.95. The number of aromatic amines is 1. The van der Waals surface area contributed by atoms with Crippen molar-refractivity contribution in [3.05, 3.63) is 39.4 Å². The van der Waals surface area contributed by atoms with Gasteiger partial charge in [0.25, 0.3) is 5.56 Å². The molecule has 1 aliphatic rings. The van der Waals surface area contributed by atoms with E-state index in [4.69, 9.17) is 11.6 Å². The summed E-state index contributed by atoms with van der Waals surface area (Å²) in [5.41, 5.74) is 0.451. The third kappa shape index (κ3) is 3.10. The Kier molecular flexibility index (Phi) is 4.24. The number of aliphatic hydroxyl groups is 1. The Bertz CT molecular complexity index is 701. The maximum absolute atomic E-state index is 12.0. The van der Waals surface area contributed by atoms with Crippen molar-refractivity contribution in [1.82, 2.24) is 15.3 Å². The molecule has 0 bridgehead atoms.